The van der Waals surface area contributed by atoms with Crippen LogP contribution in [0.25, 0.3) is 122 Å². The second-order valence-electron chi connectivity index (χ2n) is 20.5. The monoisotopic (exact) mass is 894 g/mol. The van der Waals surface area contributed by atoms with Gasteiger partial charge in [0.2, 0.25) is 0 Å². The van der Waals surface area contributed by atoms with Crippen LogP contribution in [0.5, 0.6) is 0 Å². The minimum Gasteiger partial charge on any atom is -0.309 e. The van der Waals surface area contributed by atoms with Gasteiger partial charge in [0.1, 0.15) is 0 Å². The molecule has 2 aliphatic rings. The Morgan fingerprint density at radius 3 is 1.59 bits per heavy atom. The number of hydrogen-bond donors (Lipinski definition) is 0. The van der Waals surface area contributed by atoms with E-state index < -0.39 is 0 Å². The van der Waals surface area contributed by atoms with Crippen LogP contribution < -0.4 is 0 Å². The fraction of sp³-hybridized carbons (Fsp3) is 0.0909. The number of para-hydroxylation sites is 2. The van der Waals surface area contributed by atoms with Gasteiger partial charge in [-0.25, -0.2) is 9.97 Å². The lowest BCUT2D eigenvalue weighted by Crippen LogP contribution is -2.15. The van der Waals surface area contributed by atoms with E-state index in [1.54, 1.807) is 0 Å². The maximum Gasteiger partial charge on any atom is 0.0973 e. The highest BCUT2D eigenvalue weighted by Gasteiger charge is 2.37. The molecule has 0 fully saturated rings. The molecule has 3 heterocycles. The Bertz CT molecular complexity index is 4410. The van der Waals surface area contributed by atoms with Crippen LogP contribution in [-0.2, 0) is 10.8 Å². The molecule has 3 aromatic heterocycles. The maximum atomic E-state index is 5.75. The summed E-state index contributed by atoms with van der Waals surface area (Å²) in [5, 5.41) is 7.41. The number of fused-ring (bicyclic) bond motifs is 15. The lowest BCUT2D eigenvalue weighted by Gasteiger charge is -2.23. The van der Waals surface area contributed by atoms with E-state index in [4.69, 9.17) is 9.97 Å². The van der Waals surface area contributed by atoms with Crippen LogP contribution >= 0.6 is 0 Å². The Balaban J connectivity index is 0.991. The zero-order valence-corrected chi connectivity index (χ0v) is 39.4. The minimum atomic E-state index is -0.165. The van der Waals surface area contributed by atoms with E-state index in [9.17, 15) is 0 Å². The van der Waals surface area contributed by atoms with Gasteiger partial charge in [0.25, 0.3) is 0 Å². The van der Waals surface area contributed by atoms with Crippen molar-refractivity contribution in [1.29, 1.82) is 0 Å². The third-order valence-electron chi connectivity index (χ3n) is 16.1. The van der Waals surface area contributed by atoms with Crippen LogP contribution in [0.4, 0.5) is 0 Å². The summed E-state index contributed by atoms with van der Waals surface area (Å²) in [6.07, 6.45) is 0. The Hall–Kier alpha value is -8.60. The molecule has 0 amide bonds. The molecule has 15 rings (SSSR count). The standard InChI is InChI=1S/C66H46N4/c1-65(2)52-23-13-10-20-45(52)47-30-26-40(34-54(47)65)63-64(41-27-31-48-46-21-11-14-24-53(46)66(3,4)55(48)35-41)68-57-36-43(29-32-56(57)67-63)70-59-33-28-39-16-8-9-19-44(39)62(59)51-37-50-49-22-12-15-25-58(49)69(60(50)38-61(51)70)42-17-6-5-7-18-42/h5-38H,1-4H3. The molecule has 70 heavy (non-hydrogen) atoms. The molecule has 0 aliphatic heterocycles. The summed E-state index contributed by atoms with van der Waals surface area (Å²) in [4.78, 5) is 11.4. The number of benzene rings is 10. The zero-order valence-electron chi connectivity index (χ0n) is 39.4. The molecule has 4 nitrogen and oxygen atoms in total. The molecule has 0 unspecified atom stereocenters. The molecular formula is C66H46N4. The average Bonchev–Trinajstić information content (AvgIpc) is 4.06. The summed E-state index contributed by atoms with van der Waals surface area (Å²) in [5.74, 6) is 0. The first kappa shape index (κ1) is 39.4. The molecule has 0 radical (unpaired) electrons. The molecule has 0 bridgehead atoms. The fourth-order valence-corrected chi connectivity index (χ4v) is 12.7. The van der Waals surface area contributed by atoms with Gasteiger partial charge in [0, 0.05) is 54.9 Å². The van der Waals surface area contributed by atoms with E-state index in [0.717, 1.165) is 56.0 Å². The normalized spacial score (nSPS) is 14.2. The molecule has 10 aromatic carbocycles. The Kier molecular flexibility index (Phi) is 7.88. The summed E-state index contributed by atoms with van der Waals surface area (Å²) in [5.41, 5.74) is 22.7. The van der Waals surface area contributed by atoms with Gasteiger partial charge in [-0.2, -0.15) is 0 Å². The summed E-state index contributed by atoms with van der Waals surface area (Å²) in [6.45, 7) is 9.39. The Labute approximate surface area is 405 Å². The van der Waals surface area contributed by atoms with Crippen molar-refractivity contribution in [3.63, 3.8) is 0 Å². The molecule has 0 atom stereocenters. The van der Waals surface area contributed by atoms with Crippen molar-refractivity contribution in [3.05, 3.63) is 229 Å². The van der Waals surface area contributed by atoms with Gasteiger partial charge in [-0.15, -0.1) is 0 Å². The van der Waals surface area contributed by atoms with Crippen molar-refractivity contribution < 1.29 is 0 Å². The molecule has 0 saturated carbocycles. The third-order valence-corrected chi connectivity index (χ3v) is 16.1. The van der Waals surface area contributed by atoms with E-state index in [0.29, 0.717) is 0 Å². The second-order valence-corrected chi connectivity index (χ2v) is 20.5. The van der Waals surface area contributed by atoms with E-state index in [-0.39, 0.29) is 10.8 Å². The second kappa shape index (κ2) is 14.0. The summed E-state index contributed by atoms with van der Waals surface area (Å²) >= 11 is 0. The summed E-state index contributed by atoms with van der Waals surface area (Å²) in [6, 6.07) is 76.1. The van der Waals surface area contributed by atoms with Crippen LogP contribution in [0.1, 0.15) is 49.9 Å². The highest BCUT2D eigenvalue weighted by molar-refractivity contribution is 6.25. The summed E-state index contributed by atoms with van der Waals surface area (Å²) in [7, 11) is 0. The van der Waals surface area contributed by atoms with E-state index in [2.05, 4.69) is 243 Å². The largest absolute Gasteiger partial charge is 0.309 e. The third kappa shape index (κ3) is 5.31. The van der Waals surface area contributed by atoms with Gasteiger partial charge >= 0.3 is 0 Å². The predicted octanol–water partition coefficient (Wildman–Crippen LogP) is 16.9. The highest BCUT2D eigenvalue weighted by atomic mass is 15.0. The lowest BCUT2D eigenvalue weighted by atomic mass is 9.81. The first-order chi connectivity index (χ1) is 34.2. The van der Waals surface area contributed by atoms with Crippen molar-refractivity contribution in [2.45, 2.75) is 38.5 Å². The summed E-state index contributed by atoms with van der Waals surface area (Å²) < 4.78 is 4.87. The number of nitrogens with zero attached hydrogens (tertiary/aromatic N) is 4. The maximum absolute atomic E-state index is 5.75. The fourth-order valence-electron chi connectivity index (χ4n) is 12.7. The van der Waals surface area contributed by atoms with Crippen molar-refractivity contribution in [1.82, 2.24) is 19.1 Å². The Morgan fingerprint density at radius 1 is 0.329 bits per heavy atom. The smallest absolute Gasteiger partial charge is 0.0973 e. The van der Waals surface area contributed by atoms with Crippen molar-refractivity contribution in [2.75, 3.05) is 0 Å². The molecule has 0 saturated heterocycles. The van der Waals surface area contributed by atoms with Crippen molar-refractivity contribution in [3.8, 4) is 56.1 Å². The first-order valence-electron chi connectivity index (χ1n) is 24.5. The number of aromatic nitrogens is 4. The van der Waals surface area contributed by atoms with E-state index >= 15 is 0 Å². The first-order valence-corrected chi connectivity index (χ1v) is 24.5. The van der Waals surface area contributed by atoms with Gasteiger partial charge in [-0.05, 0) is 122 Å². The Morgan fingerprint density at radius 2 is 0.886 bits per heavy atom. The topological polar surface area (TPSA) is 35.6 Å². The van der Waals surface area contributed by atoms with Gasteiger partial charge < -0.3 is 9.13 Å². The molecular weight excluding hydrogens is 849 g/mol. The van der Waals surface area contributed by atoms with Gasteiger partial charge in [0.15, 0.2) is 0 Å². The lowest BCUT2D eigenvalue weighted by molar-refractivity contribution is 0.660. The minimum absolute atomic E-state index is 0.153. The van der Waals surface area contributed by atoms with Gasteiger partial charge in [-0.1, -0.05) is 167 Å². The van der Waals surface area contributed by atoms with Crippen molar-refractivity contribution >= 4 is 65.4 Å². The van der Waals surface area contributed by atoms with Crippen LogP contribution in [0, 0.1) is 0 Å². The van der Waals surface area contributed by atoms with Crippen LogP contribution in [0.15, 0.2) is 206 Å². The number of hydrogen-bond acceptors (Lipinski definition) is 2. The highest BCUT2D eigenvalue weighted by Crippen LogP contribution is 2.52. The molecule has 0 spiro atoms. The molecule has 13 aromatic rings. The molecule has 4 heteroatoms. The zero-order chi connectivity index (χ0) is 46.6. The molecule has 0 N–H and O–H groups in total. The molecule has 2 aliphatic carbocycles. The average molecular weight is 895 g/mol. The van der Waals surface area contributed by atoms with Crippen molar-refractivity contribution in [2.24, 2.45) is 0 Å². The molecule has 330 valence electrons. The van der Waals surface area contributed by atoms with Gasteiger partial charge in [-0.3, -0.25) is 0 Å². The van der Waals surface area contributed by atoms with E-state index in [1.807, 2.05) is 0 Å². The van der Waals surface area contributed by atoms with Crippen LogP contribution in [-0.4, -0.2) is 19.1 Å². The predicted molar refractivity (Wildman–Crippen MR) is 292 cm³/mol. The van der Waals surface area contributed by atoms with Gasteiger partial charge in [0.05, 0.1) is 44.5 Å². The van der Waals surface area contributed by atoms with Crippen LogP contribution in [0.2, 0.25) is 0 Å². The number of rotatable bonds is 4. The SMILES string of the molecule is CC1(C)c2ccccc2-c2ccc(-c3nc4ccc(-n5c6cc7c(cc6c6c8ccccc8ccc65)c5ccccc5n7-c5ccccc5)cc4nc3-c3ccc4c(c3)C(C)(C)c3ccccc3-4)cc21. The van der Waals surface area contributed by atoms with Crippen LogP contribution in [0.3, 0.4) is 0 Å². The van der Waals surface area contributed by atoms with E-state index in [1.165, 1.54) is 87.9 Å². The quantitative estimate of drug-likeness (QED) is 0.176.